The van der Waals surface area contributed by atoms with Gasteiger partial charge >= 0.3 is 24.0 Å². The molecule has 0 aromatic heterocycles. The summed E-state index contributed by atoms with van der Waals surface area (Å²) in [6.07, 6.45) is 15.6. The fraction of sp³-hybridized carbons (Fsp3) is 0.587. The summed E-state index contributed by atoms with van der Waals surface area (Å²) in [6.45, 7) is 10.6. The number of nitrogens with one attached hydrogen (secondary N) is 7. The molecule has 0 spiro atoms. The number of allylic oxidation sites excluding steroid dienone is 6. The molecule has 0 aromatic carbocycles. The molecule has 0 aromatic rings. The second-order valence-corrected chi connectivity index (χ2v) is 16.9. The van der Waals surface area contributed by atoms with Gasteiger partial charge in [-0.2, -0.15) is 0 Å². The fourth-order valence-corrected chi connectivity index (χ4v) is 6.04. The highest BCUT2D eigenvalue weighted by Crippen LogP contribution is 2.31. The van der Waals surface area contributed by atoms with Crippen molar-refractivity contribution in [1.82, 2.24) is 37.2 Å². The smallest absolute Gasteiger partial charge is 0.325 e. The normalized spacial score (nSPS) is 22.1. The molecule has 21 nitrogen and oxygen atoms in total. The van der Waals surface area contributed by atoms with Crippen molar-refractivity contribution in [2.45, 2.75) is 124 Å². The summed E-state index contributed by atoms with van der Waals surface area (Å²) in [7, 11) is 1.45. The number of methoxy groups -OCH3 is 1. The first-order valence-corrected chi connectivity index (χ1v) is 22.4. The van der Waals surface area contributed by atoms with Crippen LogP contribution in [0, 0.1) is 17.3 Å². The van der Waals surface area contributed by atoms with Crippen LogP contribution in [-0.4, -0.2) is 117 Å². The molecule has 1 rings (SSSR count). The largest absolute Gasteiger partial charge is 0.460 e. The molecule has 0 aliphatic carbocycles. The molecule has 9 amide bonds. The number of urea groups is 2. The van der Waals surface area contributed by atoms with Crippen molar-refractivity contribution >= 4 is 53.5 Å². The maximum absolute atomic E-state index is 14.1. The van der Waals surface area contributed by atoms with E-state index >= 15 is 0 Å². The molecule has 0 saturated carbocycles. The Morgan fingerprint density at radius 1 is 0.896 bits per heavy atom. The van der Waals surface area contributed by atoms with E-state index in [1.807, 2.05) is 12.2 Å². The third kappa shape index (κ3) is 24.6. The molecule has 11 N–H and O–H groups in total. The summed E-state index contributed by atoms with van der Waals surface area (Å²) < 4.78 is 17.5. The topological polar surface area (TPSA) is 318 Å². The maximum atomic E-state index is 14.1. The predicted octanol–water partition coefficient (Wildman–Crippen LogP) is 1.69. The SMILES string of the molecule is CCC=C1NC(=O)C=CC(C(C)C)OC(=O)C(C)(C)C(CC(C=CC=CCC=CCCC(C)C)OC)OC(=O)CNC(=O)C(CNC(N)=O)NC(=O)CNC(=O)C(CCCNC(N)=O)NC1=O. The van der Waals surface area contributed by atoms with Crippen LogP contribution in [0.4, 0.5) is 9.59 Å². The van der Waals surface area contributed by atoms with Crippen LogP contribution >= 0.6 is 0 Å². The van der Waals surface area contributed by atoms with E-state index in [9.17, 15) is 43.2 Å². The third-order valence-electron chi connectivity index (χ3n) is 10.1. The van der Waals surface area contributed by atoms with Crippen molar-refractivity contribution in [3.8, 4) is 0 Å². The second kappa shape index (κ2) is 31.4. The number of nitrogens with two attached hydrogens (primary N) is 2. The van der Waals surface area contributed by atoms with E-state index in [0.717, 1.165) is 18.9 Å². The Morgan fingerprint density at radius 3 is 2.19 bits per heavy atom. The highest BCUT2D eigenvalue weighted by Gasteiger charge is 2.43. The standard InChI is InChI=1S/C46H73N9O12/c1-9-18-32-42(61)55-33(21-17-24-49-44(47)63)40(59)50-27-38(57)54-34(26-52-45(48)64)41(60)51-28-39(58)67-36(25-31(65-8)20-16-14-12-10-11-13-15-19-29(2)3)46(6,7)43(62)66-35(30(4)5)22-23-37(56)53-32/h11-14,16,18,20,22-23,29-31,33-36H,9-10,15,17,19,21,24-28H2,1-8H3,(H,50,59)(H,51,60)(H,53,56)(H,54,57)(H,55,61)(H3,47,49,63)(H3,48,52,64). The lowest BCUT2D eigenvalue weighted by Crippen LogP contribution is -2.56. The second-order valence-electron chi connectivity index (χ2n) is 16.9. The minimum atomic E-state index is -1.56. The van der Waals surface area contributed by atoms with Crippen molar-refractivity contribution in [3.05, 3.63) is 60.4 Å². The molecule has 1 aliphatic heterocycles. The van der Waals surface area contributed by atoms with Crippen LogP contribution in [0.25, 0.3) is 0 Å². The van der Waals surface area contributed by atoms with Gasteiger partial charge in [-0.3, -0.25) is 33.6 Å². The van der Waals surface area contributed by atoms with Crippen LogP contribution in [0.15, 0.2) is 60.4 Å². The number of hydrogen-bond donors (Lipinski definition) is 9. The lowest BCUT2D eigenvalue weighted by Gasteiger charge is -2.34. The van der Waals surface area contributed by atoms with Gasteiger partial charge in [-0.1, -0.05) is 77.2 Å². The first-order valence-electron chi connectivity index (χ1n) is 22.4. The maximum Gasteiger partial charge on any atom is 0.325 e. The Kier molecular flexibility index (Phi) is 27.4. The van der Waals surface area contributed by atoms with E-state index in [1.54, 1.807) is 32.9 Å². The number of amides is 9. The van der Waals surface area contributed by atoms with Gasteiger partial charge in [0.25, 0.3) is 5.91 Å². The average molecular weight is 944 g/mol. The minimum Gasteiger partial charge on any atom is -0.460 e. The highest BCUT2D eigenvalue weighted by molar-refractivity contribution is 6.02. The first-order chi connectivity index (χ1) is 31.6. The van der Waals surface area contributed by atoms with Crippen molar-refractivity contribution in [2.24, 2.45) is 28.7 Å². The summed E-state index contributed by atoms with van der Waals surface area (Å²) in [5, 5.41) is 16.7. The van der Waals surface area contributed by atoms with Crippen molar-refractivity contribution in [1.29, 1.82) is 0 Å². The Labute approximate surface area is 393 Å². The van der Waals surface area contributed by atoms with E-state index in [1.165, 1.54) is 33.1 Å². The van der Waals surface area contributed by atoms with Gasteiger partial charge in [-0.15, -0.1) is 0 Å². The van der Waals surface area contributed by atoms with Crippen molar-refractivity contribution < 1.29 is 57.4 Å². The van der Waals surface area contributed by atoms with E-state index in [0.29, 0.717) is 12.3 Å². The van der Waals surface area contributed by atoms with Gasteiger partial charge in [-0.05, 0) is 70.3 Å². The monoisotopic (exact) mass is 944 g/mol. The first kappa shape index (κ1) is 58.5. The van der Waals surface area contributed by atoms with Crippen LogP contribution in [0.3, 0.4) is 0 Å². The number of rotatable bonds is 18. The molecule has 0 saturated heterocycles. The van der Waals surface area contributed by atoms with Crippen molar-refractivity contribution in [2.75, 3.05) is 33.3 Å². The Morgan fingerprint density at radius 2 is 1.57 bits per heavy atom. The zero-order valence-electron chi connectivity index (χ0n) is 40.1. The summed E-state index contributed by atoms with van der Waals surface area (Å²) in [5.74, 6) is -5.90. The highest BCUT2D eigenvalue weighted by atomic mass is 16.6. The number of esters is 2. The third-order valence-corrected chi connectivity index (χ3v) is 10.1. The summed E-state index contributed by atoms with van der Waals surface area (Å²) in [6, 6.07) is -4.68. The lowest BCUT2D eigenvalue weighted by atomic mass is 9.83. The van der Waals surface area contributed by atoms with Crippen LogP contribution in [0.1, 0.15) is 93.4 Å². The van der Waals surface area contributed by atoms with Gasteiger partial charge in [-0.25, -0.2) is 9.59 Å². The van der Waals surface area contributed by atoms with E-state index in [2.05, 4.69) is 63.2 Å². The predicted molar refractivity (Wildman–Crippen MR) is 250 cm³/mol. The van der Waals surface area contributed by atoms with Gasteiger partial charge in [0.1, 0.15) is 36.5 Å². The number of carbonyl (C=O) groups is 9. The lowest BCUT2D eigenvalue weighted by molar-refractivity contribution is -0.175. The summed E-state index contributed by atoms with van der Waals surface area (Å²) >= 11 is 0. The molecule has 0 bridgehead atoms. The Bertz CT molecular complexity index is 1840. The van der Waals surface area contributed by atoms with E-state index < -0.39 is 109 Å². The quantitative estimate of drug-likeness (QED) is 0.0312. The Hall–Kier alpha value is -6.51. The molecule has 1 heterocycles. The fourth-order valence-electron chi connectivity index (χ4n) is 6.04. The van der Waals surface area contributed by atoms with Crippen LogP contribution in [0.2, 0.25) is 0 Å². The molecule has 1 aliphatic rings. The van der Waals surface area contributed by atoms with Gasteiger partial charge in [0.15, 0.2) is 0 Å². The molecule has 5 atom stereocenters. The van der Waals surface area contributed by atoms with Crippen molar-refractivity contribution in [3.63, 3.8) is 0 Å². The van der Waals surface area contributed by atoms with Gasteiger partial charge in [0.2, 0.25) is 23.6 Å². The Balaban J connectivity index is 3.66. The molecule has 67 heavy (non-hydrogen) atoms. The summed E-state index contributed by atoms with van der Waals surface area (Å²) in [5.41, 5.74) is 8.57. The van der Waals surface area contributed by atoms with Gasteiger partial charge in [0.05, 0.1) is 18.1 Å². The van der Waals surface area contributed by atoms with Gasteiger partial charge in [0, 0.05) is 32.7 Å². The number of cyclic esters (lactones) is 2. The average Bonchev–Trinajstić information content (AvgIpc) is 3.25. The number of hydrogen-bond acceptors (Lipinski definition) is 12. The van der Waals surface area contributed by atoms with Gasteiger partial charge < -0.3 is 62.9 Å². The molecular formula is C46H73N9O12. The number of ether oxygens (including phenoxy) is 3. The summed E-state index contributed by atoms with van der Waals surface area (Å²) in [4.78, 5) is 117. The molecule has 0 fully saturated rings. The molecule has 21 heteroatoms. The molecule has 374 valence electrons. The zero-order valence-corrected chi connectivity index (χ0v) is 40.1. The van der Waals surface area contributed by atoms with E-state index in [-0.39, 0.29) is 43.8 Å². The van der Waals surface area contributed by atoms with E-state index in [4.69, 9.17) is 25.7 Å². The molecular weight excluding hydrogens is 871 g/mol. The van der Waals surface area contributed by atoms with Crippen LogP contribution < -0.4 is 48.7 Å². The number of carbonyl (C=O) groups excluding carboxylic acids is 9. The zero-order chi connectivity index (χ0) is 50.5. The molecule has 0 radical (unpaired) electrons. The van der Waals surface area contributed by atoms with Crippen LogP contribution in [-0.2, 0) is 47.8 Å². The minimum absolute atomic E-state index is 0.0332. The van der Waals surface area contributed by atoms with Crippen LogP contribution in [0.5, 0.6) is 0 Å². The molecule has 5 unspecified atom stereocenters. The number of primary amides is 2.